The van der Waals surface area contributed by atoms with Crippen molar-refractivity contribution in [2.75, 3.05) is 7.11 Å². The molecule has 4 fully saturated rings. The van der Waals surface area contributed by atoms with Crippen LogP contribution in [-0.4, -0.2) is 25.0 Å². The molecule has 0 aromatic heterocycles. The summed E-state index contributed by atoms with van der Waals surface area (Å²) in [4.78, 5) is 26.6. The molecule has 0 heterocycles. The fourth-order valence-electron chi connectivity index (χ4n) is 6.87. The monoisotopic (exact) mass is 446 g/mol. The normalized spacial score (nSPS) is 29.2. The van der Waals surface area contributed by atoms with Crippen molar-refractivity contribution in [1.82, 2.24) is 10.6 Å². The van der Waals surface area contributed by atoms with Crippen LogP contribution in [0.5, 0.6) is 5.75 Å². The molecule has 4 aliphatic carbocycles. The van der Waals surface area contributed by atoms with Crippen LogP contribution in [0.25, 0.3) is 0 Å². The van der Waals surface area contributed by atoms with Crippen molar-refractivity contribution in [3.05, 3.63) is 65.7 Å². The number of amides is 2. The van der Waals surface area contributed by atoms with Gasteiger partial charge >= 0.3 is 0 Å². The van der Waals surface area contributed by atoms with Gasteiger partial charge in [0.05, 0.1) is 13.2 Å². The molecule has 4 aliphatic rings. The molecule has 5 nitrogen and oxygen atoms in total. The number of rotatable bonds is 7. The van der Waals surface area contributed by atoms with Crippen molar-refractivity contribution in [3.8, 4) is 5.75 Å². The second-order valence-corrected chi connectivity index (χ2v) is 10.5. The summed E-state index contributed by atoms with van der Waals surface area (Å²) in [5.74, 6) is 2.78. The van der Waals surface area contributed by atoms with E-state index >= 15 is 0 Å². The van der Waals surface area contributed by atoms with Gasteiger partial charge in [0.2, 0.25) is 11.8 Å². The van der Waals surface area contributed by atoms with Gasteiger partial charge in [-0.3, -0.25) is 9.59 Å². The molecule has 0 saturated heterocycles. The van der Waals surface area contributed by atoms with Crippen molar-refractivity contribution < 1.29 is 14.3 Å². The molecule has 2 aromatic carbocycles. The van der Waals surface area contributed by atoms with Crippen LogP contribution < -0.4 is 15.4 Å². The van der Waals surface area contributed by atoms with Gasteiger partial charge in [0.1, 0.15) is 11.8 Å². The van der Waals surface area contributed by atoms with Crippen molar-refractivity contribution in [2.24, 2.45) is 23.2 Å². The fourth-order valence-corrected chi connectivity index (χ4v) is 6.87. The lowest BCUT2D eigenvalue weighted by molar-refractivity contribution is -0.148. The van der Waals surface area contributed by atoms with E-state index < -0.39 is 6.04 Å². The Hall–Kier alpha value is -2.82. The highest BCUT2D eigenvalue weighted by atomic mass is 16.5. The van der Waals surface area contributed by atoms with E-state index in [1.807, 2.05) is 54.6 Å². The Labute approximate surface area is 196 Å². The summed E-state index contributed by atoms with van der Waals surface area (Å²) in [6.07, 6.45) is 6.88. The zero-order chi connectivity index (χ0) is 23.0. The van der Waals surface area contributed by atoms with Crippen LogP contribution in [0.2, 0.25) is 0 Å². The maximum absolute atomic E-state index is 13.4. The predicted octanol–water partition coefficient (Wildman–Crippen LogP) is 4.62. The number of carbonyl (C=O) groups is 2. The van der Waals surface area contributed by atoms with Crippen molar-refractivity contribution in [2.45, 2.75) is 57.5 Å². The van der Waals surface area contributed by atoms with Crippen LogP contribution in [0.15, 0.2) is 54.6 Å². The number of benzene rings is 2. The minimum absolute atomic E-state index is 0.0879. The summed E-state index contributed by atoms with van der Waals surface area (Å²) in [6, 6.07) is 16.8. The van der Waals surface area contributed by atoms with Crippen LogP contribution in [0, 0.1) is 23.2 Å². The van der Waals surface area contributed by atoms with E-state index in [0.29, 0.717) is 17.8 Å². The maximum Gasteiger partial charge on any atom is 0.243 e. The maximum atomic E-state index is 13.4. The van der Waals surface area contributed by atoms with Gasteiger partial charge in [0.15, 0.2) is 0 Å². The molecule has 2 N–H and O–H groups in total. The van der Waals surface area contributed by atoms with E-state index in [0.717, 1.165) is 36.1 Å². The molecule has 33 heavy (non-hydrogen) atoms. The molecule has 5 heteroatoms. The Bertz CT molecular complexity index is 966. The zero-order valence-electron chi connectivity index (χ0n) is 19.6. The minimum Gasteiger partial charge on any atom is -0.497 e. The quantitative estimate of drug-likeness (QED) is 0.652. The predicted molar refractivity (Wildman–Crippen MR) is 128 cm³/mol. The Kier molecular flexibility index (Phi) is 5.90. The zero-order valence-corrected chi connectivity index (χ0v) is 19.6. The molecule has 4 bridgehead atoms. The molecular formula is C28H34N2O3. The average molecular weight is 447 g/mol. The van der Waals surface area contributed by atoms with Gasteiger partial charge < -0.3 is 15.4 Å². The topological polar surface area (TPSA) is 67.4 Å². The molecule has 0 radical (unpaired) electrons. The van der Waals surface area contributed by atoms with Gasteiger partial charge in [-0.25, -0.2) is 0 Å². The van der Waals surface area contributed by atoms with Crippen molar-refractivity contribution >= 4 is 11.8 Å². The fraction of sp³-hybridized carbons (Fsp3) is 0.500. The summed E-state index contributed by atoms with van der Waals surface area (Å²) in [6.45, 7) is 1.80. The van der Waals surface area contributed by atoms with Crippen LogP contribution in [-0.2, 0) is 9.59 Å². The summed E-state index contributed by atoms with van der Waals surface area (Å²) < 4.78 is 5.28. The highest BCUT2D eigenvalue weighted by molar-refractivity contribution is 5.90. The second kappa shape index (κ2) is 8.85. The first-order valence-corrected chi connectivity index (χ1v) is 12.3. The second-order valence-electron chi connectivity index (χ2n) is 10.5. The lowest BCUT2D eigenvalue weighted by atomic mass is 9.49. The first-order valence-electron chi connectivity index (χ1n) is 12.3. The molecule has 4 saturated carbocycles. The lowest BCUT2D eigenvalue weighted by Gasteiger charge is -2.55. The van der Waals surface area contributed by atoms with Crippen LogP contribution >= 0.6 is 0 Å². The van der Waals surface area contributed by atoms with E-state index in [1.54, 1.807) is 14.0 Å². The molecule has 0 unspecified atom stereocenters. The standard InChI is InChI=1S/C28H34N2O3/c1-18(29-27(32)28-15-19-12-20(16-28)14-21(13-19)17-28)26(31)30-25(22-6-4-3-5-7-22)23-8-10-24(33-2)11-9-23/h3-11,18-21,25H,12-17H2,1-2H3,(H,29,32)(H,30,31)/t18-,19?,20?,21?,25+,28?/m0/s1. The third-order valence-electron chi connectivity index (χ3n) is 8.13. The molecule has 2 amide bonds. The van der Waals surface area contributed by atoms with E-state index in [4.69, 9.17) is 4.74 Å². The van der Waals surface area contributed by atoms with Crippen LogP contribution in [0.3, 0.4) is 0 Å². The number of hydrogen-bond donors (Lipinski definition) is 2. The van der Waals surface area contributed by atoms with Gasteiger partial charge in [0, 0.05) is 5.41 Å². The average Bonchev–Trinajstić information content (AvgIpc) is 2.82. The first-order chi connectivity index (χ1) is 16.0. The number of methoxy groups -OCH3 is 1. The van der Waals surface area contributed by atoms with Gasteiger partial charge in [0.25, 0.3) is 0 Å². The largest absolute Gasteiger partial charge is 0.497 e. The lowest BCUT2D eigenvalue weighted by Crippen LogP contribution is -2.56. The Morgan fingerprint density at radius 1 is 0.848 bits per heavy atom. The highest BCUT2D eigenvalue weighted by Gasteiger charge is 2.54. The van der Waals surface area contributed by atoms with E-state index in [2.05, 4.69) is 10.6 Å². The molecule has 174 valence electrons. The summed E-state index contributed by atoms with van der Waals surface area (Å²) >= 11 is 0. The van der Waals surface area contributed by atoms with Crippen molar-refractivity contribution in [3.63, 3.8) is 0 Å². The number of ether oxygens (including phenoxy) is 1. The summed E-state index contributed by atoms with van der Waals surface area (Å²) in [5, 5.41) is 6.26. The van der Waals surface area contributed by atoms with E-state index in [9.17, 15) is 9.59 Å². The third-order valence-corrected chi connectivity index (χ3v) is 8.13. The van der Waals surface area contributed by atoms with Gasteiger partial charge in [-0.2, -0.15) is 0 Å². The molecule has 6 rings (SSSR count). The molecule has 0 aliphatic heterocycles. The highest BCUT2D eigenvalue weighted by Crippen LogP contribution is 2.60. The van der Waals surface area contributed by atoms with Crippen LogP contribution in [0.1, 0.15) is 62.6 Å². The number of hydrogen-bond acceptors (Lipinski definition) is 3. The van der Waals surface area contributed by atoms with Gasteiger partial charge in [-0.1, -0.05) is 42.5 Å². The third kappa shape index (κ3) is 4.38. The molecule has 2 aromatic rings. The summed E-state index contributed by atoms with van der Waals surface area (Å²) in [5.41, 5.74) is 1.71. The molecule has 2 atom stereocenters. The number of nitrogens with one attached hydrogen (secondary N) is 2. The van der Waals surface area contributed by atoms with Crippen molar-refractivity contribution in [1.29, 1.82) is 0 Å². The minimum atomic E-state index is -0.588. The van der Waals surface area contributed by atoms with E-state index in [-0.39, 0.29) is 23.3 Å². The molecule has 0 spiro atoms. The van der Waals surface area contributed by atoms with E-state index in [1.165, 1.54) is 19.3 Å². The first kappa shape index (κ1) is 22.0. The summed E-state index contributed by atoms with van der Waals surface area (Å²) in [7, 11) is 1.64. The van der Waals surface area contributed by atoms with Gasteiger partial charge in [-0.05, 0) is 86.5 Å². The van der Waals surface area contributed by atoms with Crippen LogP contribution in [0.4, 0.5) is 0 Å². The number of carbonyl (C=O) groups excluding carboxylic acids is 2. The van der Waals surface area contributed by atoms with Gasteiger partial charge in [-0.15, -0.1) is 0 Å². The molecular weight excluding hydrogens is 412 g/mol. The Balaban J connectivity index is 1.29. The Morgan fingerprint density at radius 2 is 1.39 bits per heavy atom. The SMILES string of the molecule is COc1ccc([C@H](NC(=O)[C@H](C)NC(=O)C23CC4CC(CC(C4)C2)C3)c2ccccc2)cc1. The smallest absolute Gasteiger partial charge is 0.243 e. The Morgan fingerprint density at radius 3 is 1.94 bits per heavy atom.